The predicted octanol–water partition coefficient (Wildman–Crippen LogP) is 9.31. The van der Waals surface area contributed by atoms with Crippen LogP contribution in [0, 0.1) is 6.92 Å². The summed E-state index contributed by atoms with van der Waals surface area (Å²) in [5, 5.41) is 1.26. The molecule has 182 valence electrons. The van der Waals surface area contributed by atoms with Gasteiger partial charge in [0.25, 0.3) is 5.91 Å². The minimum atomic E-state index is -0.455. The summed E-state index contributed by atoms with van der Waals surface area (Å²) in [5.41, 5.74) is 3.29. The van der Waals surface area contributed by atoms with Crippen molar-refractivity contribution in [3.8, 4) is 0 Å². The zero-order chi connectivity index (χ0) is 25.7. The van der Waals surface area contributed by atoms with E-state index in [0.717, 1.165) is 26.5 Å². The SMILES string of the molecule is C=C(C)SC1=C(C)CCN(C(=O)c2cc(Cl)c(C)cc2C(C)=O)C1c1cccc(Cl)c1Cl.CC. The highest BCUT2D eigenvalue weighted by Gasteiger charge is 2.36. The molecular weight excluding hydrogens is 509 g/mol. The van der Waals surface area contributed by atoms with Gasteiger partial charge in [-0.25, -0.2) is 0 Å². The van der Waals surface area contributed by atoms with E-state index in [1.165, 1.54) is 18.7 Å². The third-order valence-corrected chi connectivity index (χ3v) is 7.82. The van der Waals surface area contributed by atoms with E-state index in [9.17, 15) is 9.59 Å². The summed E-state index contributed by atoms with van der Waals surface area (Å²) in [6.07, 6.45) is 0.699. The molecule has 0 aliphatic carbocycles. The first-order valence-corrected chi connectivity index (χ1v) is 13.1. The molecule has 0 saturated carbocycles. The van der Waals surface area contributed by atoms with Crippen molar-refractivity contribution in [2.75, 3.05) is 6.54 Å². The normalized spacial score (nSPS) is 15.6. The zero-order valence-electron chi connectivity index (χ0n) is 20.4. The number of thioether (sulfide) groups is 1. The molecule has 0 aromatic heterocycles. The van der Waals surface area contributed by atoms with Gasteiger partial charge in [-0.1, -0.05) is 84.7 Å². The fourth-order valence-corrected chi connectivity index (χ4v) is 5.40. The zero-order valence-corrected chi connectivity index (χ0v) is 23.5. The molecule has 0 spiro atoms. The highest BCUT2D eigenvalue weighted by atomic mass is 35.5. The maximum Gasteiger partial charge on any atom is 0.255 e. The van der Waals surface area contributed by atoms with Gasteiger partial charge < -0.3 is 4.90 Å². The van der Waals surface area contributed by atoms with Crippen LogP contribution in [-0.4, -0.2) is 23.1 Å². The Labute approximate surface area is 222 Å². The van der Waals surface area contributed by atoms with Gasteiger partial charge in [-0.05, 0) is 68.3 Å². The van der Waals surface area contributed by atoms with Crippen LogP contribution in [0.15, 0.2) is 52.3 Å². The molecule has 0 N–H and O–H groups in total. The van der Waals surface area contributed by atoms with Crippen molar-refractivity contribution in [3.63, 3.8) is 0 Å². The molecule has 0 bridgehead atoms. The molecule has 1 amide bonds. The summed E-state index contributed by atoms with van der Waals surface area (Å²) in [5.74, 6) is -0.462. The van der Waals surface area contributed by atoms with Crippen molar-refractivity contribution >= 4 is 58.3 Å². The molecule has 1 atom stereocenters. The number of aryl methyl sites for hydroxylation is 1. The standard InChI is InChI=1S/C25H24Cl3NO2S.C2H6/c1-13(2)32-24-14(3)9-10-29(23(24)17-7-6-8-20(26)22(17)28)25(31)19-12-21(27)15(4)11-18(19)16(5)30;1-2/h6-8,11-12,23H,1,9-10H2,2-5H3;1-2H3. The summed E-state index contributed by atoms with van der Waals surface area (Å²) >= 11 is 20.8. The van der Waals surface area contributed by atoms with Crippen molar-refractivity contribution in [1.29, 1.82) is 0 Å². The molecule has 1 heterocycles. The van der Waals surface area contributed by atoms with Gasteiger partial charge >= 0.3 is 0 Å². The van der Waals surface area contributed by atoms with E-state index in [1.807, 2.05) is 39.8 Å². The van der Waals surface area contributed by atoms with E-state index in [4.69, 9.17) is 34.8 Å². The van der Waals surface area contributed by atoms with E-state index in [2.05, 4.69) is 13.5 Å². The Morgan fingerprint density at radius 3 is 2.26 bits per heavy atom. The largest absolute Gasteiger partial charge is 0.327 e. The Kier molecular flexibility index (Phi) is 10.3. The van der Waals surface area contributed by atoms with Crippen molar-refractivity contribution in [3.05, 3.63) is 89.6 Å². The van der Waals surface area contributed by atoms with Gasteiger partial charge in [-0.2, -0.15) is 0 Å². The third-order valence-electron chi connectivity index (χ3n) is 5.44. The predicted molar refractivity (Wildman–Crippen MR) is 148 cm³/mol. The smallest absolute Gasteiger partial charge is 0.255 e. The second-order valence-electron chi connectivity index (χ2n) is 7.95. The quantitative estimate of drug-likeness (QED) is 0.356. The fraction of sp³-hybridized carbons (Fsp3) is 0.333. The summed E-state index contributed by atoms with van der Waals surface area (Å²) in [6, 6.07) is 8.23. The second kappa shape index (κ2) is 12.3. The number of hydrogen-bond donors (Lipinski definition) is 0. The molecule has 3 nitrogen and oxygen atoms in total. The van der Waals surface area contributed by atoms with Crippen LogP contribution in [0.2, 0.25) is 15.1 Å². The average Bonchev–Trinajstić information content (AvgIpc) is 2.79. The number of carbonyl (C=O) groups excluding carboxylic acids is 2. The lowest BCUT2D eigenvalue weighted by Crippen LogP contribution is -2.40. The monoisotopic (exact) mass is 537 g/mol. The maximum absolute atomic E-state index is 13.9. The number of carbonyl (C=O) groups is 2. The summed E-state index contributed by atoms with van der Waals surface area (Å²) < 4.78 is 0. The molecule has 2 aromatic rings. The van der Waals surface area contributed by atoms with Crippen molar-refractivity contribution < 1.29 is 9.59 Å². The highest BCUT2D eigenvalue weighted by molar-refractivity contribution is 8.06. The lowest BCUT2D eigenvalue weighted by Gasteiger charge is -2.39. The first kappa shape index (κ1) is 28.5. The van der Waals surface area contributed by atoms with Gasteiger partial charge in [0.05, 0.1) is 21.7 Å². The summed E-state index contributed by atoms with van der Waals surface area (Å²) in [4.78, 5) is 29.9. The van der Waals surface area contributed by atoms with Crippen LogP contribution >= 0.6 is 46.6 Å². The second-order valence-corrected chi connectivity index (χ2v) is 10.5. The first-order chi connectivity index (χ1) is 16.0. The van der Waals surface area contributed by atoms with E-state index in [0.29, 0.717) is 33.6 Å². The van der Waals surface area contributed by atoms with Crippen molar-refractivity contribution in [2.45, 2.75) is 54.0 Å². The molecule has 0 fully saturated rings. The van der Waals surface area contributed by atoms with Crippen LogP contribution in [0.1, 0.15) is 78.9 Å². The molecule has 1 aliphatic rings. The van der Waals surface area contributed by atoms with Crippen molar-refractivity contribution in [2.24, 2.45) is 0 Å². The molecule has 34 heavy (non-hydrogen) atoms. The minimum Gasteiger partial charge on any atom is -0.327 e. The Bertz CT molecular complexity index is 1160. The van der Waals surface area contributed by atoms with Gasteiger partial charge in [0.15, 0.2) is 5.78 Å². The van der Waals surface area contributed by atoms with Crippen LogP contribution in [-0.2, 0) is 0 Å². The van der Waals surface area contributed by atoms with Crippen LogP contribution in [0.25, 0.3) is 0 Å². The van der Waals surface area contributed by atoms with E-state index in [1.54, 1.807) is 23.1 Å². The first-order valence-electron chi connectivity index (χ1n) is 11.1. The van der Waals surface area contributed by atoms with E-state index < -0.39 is 6.04 Å². The van der Waals surface area contributed by atoms with Gasteiger partial charge in [0, 0.05) is 22.0 Å². The van der Waals surface area contributed by atoms with Crippen molar-refractivity contribution in [1.82, 2.24) is 4.90 Å². The lowest BCUT2D eigenvalue weighted by molar-refractivity contribution is 0.0695. The number of allylic oxidation sites excluding steroid dienone is 1. The molecular formula is C27H30Cl3NO2S. The maximum atomic E-state index is 13.9. The molecule has 0 saturated heterocycles. The van der Waals surface area contributed by atoms with Crippen LogP contribution < -0.4 is 0 Å². The number of nitrogens with zero attached hydrogens (tertiary/aromatic N) is 1. The summed E-state index contributed by atoms with van der Waals surface area (Å²) in [7, 11) is 0. The number of rotatable bonds is 5. The molecule has 3 rings (SSSR count). The molecule has 1 unspecified atom stereocenters. The van der Waals surface area contributed by atoms with Crippen LogP contribution in [0.5, 0.6) is 0 Å². The Morgan fingerprint density at radius 2 is 1.68 bits per heavy atom. The minimum absolute atomic E-state index is 0.189. The Balaban J connectivity index is 0.00000199. The van der Waals surface area contributed by atoms with Gasteiger partial charge in [0.1, 0.15) is 0 Å². The van der Waals surface area contributed by atoms with Crippen LogP contribution in [0.3, 0.4) is 0 Å². The Morgan fingerprint density at radius 1 is 1.03 bits per heavy atom. The number of benzene rings is 2. The van der Waals surface area contributed by atoms with E-state index >= 15 is 0 Å². The fourth-order valence-electron chi connectivity index (χ4n) is 3.81. The highest BCUT2D eigenvalue weighted by Crippen LogP contribution is 2.47. The number of ketones is 1. The lowest BCUT2D eigenvalue weighted by atomic mass is 9.94. The molecule has 0 radical (unpaired) electrons. The Hall–Kier alpha value is -1.72. The number of amides is 1. The summed E-state index contributed by atoms with van der Waals surface area (Å²) in [6.45, 7) is 15.8. The van der Waals surface area contributed by atoms with Gasteiger partial charge in [0.2, 0.25) is 0 Å². The number of hydrogen-bond acceptors (Lipinski definition) is 3. The van der Waals surface area contributed by atoms with Crippen LogP contribution in [0.4, 0.5) is 0 Å². The average molecular weight is 539 g/mol. The van der Waals surface area contributed by atoms with E-state index in [-0.39, 0.29) is 17.3 Å². The number of Topliss-reactive ketones (excluding diaryl/α,β-unsaturated/α-hetero) is 1. The topological polar surface area (TPSA) is 37.4 Å². The molecule has 7 heteroatoms. The molecule has 2 aromatic carbocycles. The van der Waals surface area contributed by atoms with Gasteiger partial charge in [-0.15, -0.1) is 0 Å². The molecule has 1 aliphatic heterocycles. The third kappa shape index (κ3) is 6.09. The number of halogens is 3. The van der Waals surface area contributed by atoms with Gasteiger partial charge in [-0.3, -0.25) is 9.59 Å².